The first-order chi connectivity index (χ1) is 14.0. The number of hydrogen-bond acceptors (Lipinski definition) is 6. The van der Waals surface area contributed by atoms with Crippen LogP contribution in [0.25, 0.3) is 10.2 Å². The summed E-state index contributed by atoms with van der Waals surface area (Å²) in [5.74, 6) is 2.44. The van der Waals surface area contributed by atoms with Gasteiger partial charge in [-0.3, -0.25) is 4.79 Å². The summed E-state index contributed by atoms with van der Waals surface area (Å²) in [5, 5.41) is 0. The van der Waals surface area contributed by atoms with Crippen molar-refractivity contribution >= 4 is 51.0 Å². The Hall–Kier alpha value is -1.90. The van der Waals surface area contributed by atoms with E-state index in [2.05, 4.69) is 15.8 Å². The fourth-order valence-electron chi connectivity index (χ4n) is 2.80. The van der Waals surface area contributed by atoms with Crippen molar-refractivity contribution in [1.82, 2.24) is 4.57 Å². The van der Waals surface area contributed by atoms with Gasteiger partial charge in [0.05, 0.1) is 30.2 Å². The van der Waals surface area contributed by atoms with Gasteiger partial charge in [0, 0.05) is 29.3 Å². The zero-order valence-electron chi connectivity index (χ0n) is 16.9. The molecule has 0 saturated carbocycles. The van der Waals surface area contributed by atoms with E-state index in [1.54, 1.807) is 26.0 Å². The molecular formula is C21H24N2O3S3. The van der Waals surface area contributed by atoms with Crippen LogP contribution in [0.15, 0.2) is 46.3 Å². The Kier molecular flexibility index (Phi) is 7.69. The molecule has 1 heterocycles. The van der Waals surface area contributed by atoms with Crippen molar-refractivity contribution in [3.8, 4) is 11.5 Å². The third kappa shape index (κ3) is 5.38. The first-order valence-electron chi connectivity index (χ1n) is 9.07. The summed E-state index contributed by atoms with van der Waals surface area (Å²) in [6, 6.07) is 12.1. The number of nitrogens with zero attached hydrogens (tertiary/aromatic N) is 2. The van der Waals surface area contributed by atoms with Gasteiger partial charge in [0.15, 0.2) is 16.3 Å². The largest absolute Gasteiger partial charge is 0.493 e. The van der Waals surface area contributed by atoms with Crippen molar-refractivity contribution < 1.29 is 14.3 Å². The molecule has 0 aliphatic carbocycles. The Morgan fingerprint density at radius 1 is 1.14 bits per heavy atom. The maximum absolute atomic E-state index is 12.6. The van der Waals surface area contributed by atoms with E-state index in [1.165, 1.54) is 28.7 Å². The van der Waals surface area contributed by atoms with Crippen LogP contribution in [0.1, 0.15) is 5.56 Å². The van der Waals surface area contributed by atoms with Crippen LogP contribution in [-0.2, 0) is 11.3 Å². The molecule has 154 valence electrons. The van der Waals surface area contributed by atoms with Crippen LogP contribution in [0.2, 0.25) is 0 Å². The molecular weight excluding hydrogens is 424 g/mol. The van der Waals surface area contributed by atoms with Crippen LogP contribution >= 0.6 is 34.9 Å². The number of ether oxygens (including phenoxy) is 2. The minimum absolute atomic E-state index is 0.140. The van der Waals surface area contributed by atoms with Gasteiger partial charge in [-0.25, -0.2) is 0 Å². The molecule has 0 bridgehead atoms. The molecule has 2 aromatic carbocycles. The van der Waals surface area contributed by atoms with Crippen LogP contribution in [-0.4, -0.2) is 42.5 Å². The molecule has 0 saturated heterocycles. The van der Waals surface area contributed by atoms with Crippen LogP contribution in [0.4, 0.5) is 0 Å². The average Bonchev–Trinajstić information content (AvgIpc) is 3.06. The SMILES string of the molecule is COc1cc2sc(=NC(=O)CSc3ccc(C)cc3)n(CCSC)c2cc1OC. The average molecular weight is 449 g/mol. The van der Waals surface area contributed by atoms with Crippen molar-refractivity contribution in [2.24, 2.45) is 4.99 Å². The number of amides is 1. The molecule has 0 aliphatic rings. The number of aromatic nitrogens is 1. The maximum atomic E-state index is 12.6. The predicted molar refractivity (Wildman–Crippen MR) is 124 cm³/mol. The van der Waals surface area contributed by atoms with Gasteiger partial charge in [0.25, 0.3) is 5.91 Å². The Morgan fingerprint density at radius 2 is 1.83 bits per heavy atom. The lowest BCUT2D eigenvalue weighted by atomic mass is 10.2. The molecule has 5 nitrogen and oxygen atoms in total. The predicted octanol–water partition coefficient (Wildman–Crippen LogP) is 4.61. The normalized spacial score (nSPS) is 11.8. The Balaban J connectivity index is 1.92. The zero-order valence-corrected chi connectivity index (χ0v) is 19.4. The maximum Gasteiger partial charge on any atom is 0.258 e. The highest BCUT2D eigenvalue weighted by molar-refractivity contribution is 8.00. The fraction of sp³-hybridized carbons (Fsp3) is 0.333. The minimum atomic E-state index is -0.140. The lowest BCUT2D eigenvalue weighted by molar-refractivity contribution is -0.115. The fourth-order valence-corrected chi connectivity index (χ4v) is 4.93. The van der Waals surface area contributed by atoms with E-state index in [0.29, 0.717) is 22.1 Å². The second-order valence-electron chi connectivity index (χ2n) is 6.31. The molecule has 0 aliphatic heterocycles. The molecule has 0 unspecified atom stereocenters. The lowest BCUT2D eigenvalue weighted by Gasteiger charge is -2.09. The van der Waals surface area contributed by atoms with Crippen LogP contribution in [0.3, 0.4) is 0 Å². The first-order valence-corrected chi connectivity index (χ1v) is 12.3. The standard InChI is InChI=1S/C21H24N2O3S3/c1-14-5-7-15(8-6-14)28-13-20(24)22-21-23(9-10-27-4)16-11-17(25-2)18(26-3)12-19(16)29-21/h5-8,11-12H,9-10,13H2,1-4H3. The second-order valence-corrected chi connectivity index (χ2v) is 9.35. The summed E-state index contributed by atoms with van der Waals surface area (Å²) < 4.78 is 14.0. The number of thioether (sulfide) groups is 2. The van der Waals surface area contributed by atoms with Crippen molar-refractivity contribution in [1.29, 1.82) is 0 Å². The zero-order chi connectivity index (χ0) is 20.8. The highest BCUT2D eigenvalue weighted by Crippen LogP contribution is 2.33. The van der Waals surface area contributed by atoms with Gasteiger partial charge in [0.1, 0.15) is 0 Å². The van der Waals surface area contributed by atoms with E-state index >= 15 is 0 Å². The van der Waals surface area contributed by atoms with E-state index in [-0.39, 0.29) is 5.91 Å². The van der Waals surface area contributed by atoms with E-state index in [4.69, 9.17) is 9.47 Å². The van der Waals surface area contributed by atoms with Crippen molar-refractivity contribution in [3.05, 3.63) is 46.8 Å². The van der Waals surface area contributed by atoms with E-state index < -0.39 is 0 Å². The molecule has 1 aromatic heterocycles. The third-order valence-electron chi connectivity index (χ3n) is 4.31. The van der Waals surface area contributed by atoms with Crippen molar-refractivity contribution in [2.75, 3.05) is 32.0 Å². The van der Waals surface area contributed by atoms with Gasteiger partial charge < -0.3 is 14.0 Å². The molecule has 3 rings (SSSR count). The molecule has 0 radical (unpaired) electrons. The van der Waals surface area contributed by atoms with Crippen LogP contribution in [0.5, 0.6) is 11.5 Å². The van der Waals surface area contributed by atoms with Gasteiger partial charge in [-0.05, 0) is 25.3 Å². The van der Waals surface area contributed by atoms with Crippen LogP contribution in [0, 0.1) is 6.92 Å². The number of hydrogen-bond donors (Lipinski definition) is 0. The molecule has 0 N–H and O–H groups in total. The van der Waals surface area contributed by atoms with Crippen molar-refractivity contribution in [2.45, 2.75) is 18.4 Å². The Labute approximate surface area is 183 Å². The van der Waals surface area contributed by atoms with Gasteiger partial charge in [-0.2, -0.15) is 16.8 Å². The molecule has 8 heteroatoms. The van der Waals surface area contributed by atoms with Crippen LogP contribution < -0.4 is 14.3 Å². The number of aryl methyl sites for hydroxylation is 2. The second kappa shape index (κ2) is 10.2. The van der Waals surface area contributed by atoms with E-state index in [0.717, 1.165) is 27.4 Å². The number of rotatable bonds is 8. The minimum Gasteiger partial charge on any atom is -0.493 e. The highest BCUT2D eigenvalue weighted by atomic mass is 32.2. The summed E-state index contributed by atoms with van der Waals surface area (Å²) >= 11 is 4.76. The van der Waals surface area contributed by atoms with Gasteiger partial charge in [0.2, 0.25) is 0 Å². The molecule has 0 atom stereocenters. The molecule has 29 heavy (non-hydrogen) atoms. The van der Waals surface area contributed by atoms with E-state index in [1.807, 2.05) is 43.3 Å². The monoisotopic (exact) mass is 448 g/mol. The molecule has 3 aromatic rings. The third-order valence-corrected chi connectivity index (χ3v) is 6.94. The quantitative estimate of drug-likeness (QED) is 0.471. The summed E-state index contributed by atoms with van der Waals surface area (Å²) in [6.07, 6.45) is 2.07. The van der Waals surface area contributed by atoms with Gasteiger partial charge in [-0.1, -0.05) is 29.0 Å². The van der Waals surface area contributed by atoms with Crippen molar-refractivity contribution in [3.63, 3.8) is 0 Å². The topological polar surface area (TPSA) is 52.8 Å². The summed E-state index contributed by atoms with van der Waals surface area (Å²) in [7, 11) is 3.25. The lowest BCUT2D eigenvalue weighted by Crippen LogP contribution is -2.18. The smallest absolute Gasteiger partial charge is 0.258 e. The summed E-state index contributed by atoms with van der Waals surface area (Å²) in [4.78, 5) is 18.8. The number of benzene rings is 2. The number of carbonyl (C=O) groups is 1. The Morgan fingerprint density at radius 3 is 2.48 bits per heavy atom. The number of carbonyl (C=O) groups excluding carboxylic acids is 1. The number of methoxy groups -OCH3 is 2. The molecule has 0 spiro atoms. The number of fused-ring (bicyclic) bond motifs is 1. The first kappa shape index (κ1) is 21.8. The molecule has 1 amide bonds. The molecule has 0 fully saturated rings. The number of thiazole rings is 1. The summed E-state index contributed by atoms with van der Waals surface area (Å²) in [6.45, 7) is 2.82. The van der Waals surface area contributed by atoms with Gasteiger partial charge >= 0.3 is 0 Å². The highest BCUT2D eigenvalue weighted by Gasteiger charge is 2.13. The van der Waals surface area contributed by atoms with Gasteiger partial charge in [-0.15, -0.1) is 11.8 Å². The Bertz CT molecular complexity index is 1060. The van der Waals surface area contributed by atoms with E-state index in [9.17, 15) is 4.79 Å². The summed E-state index contributed by atoms with van der Waals surface area (Å²) in [5.41, 5.74) is 2.20.